The van der Waals surface area contributed by atoms with Gasteiger partial charge in [0.1, 0.15) is 17.2 Å². The molecule has 0 aliphatic heterocycles. The maximum absolute atomic E-state index is 12.2. The Hall–Kier alpha value is -3.78. The molecule has 0 bridgehead atoms. The minimum Gasteiger partial charge on any atom is -0.476 e. The van der Waals surface area contributed by atoms with Crippen molar-refractivity contribution in [3.8, 4) is 17.2 Å². The van der Waals surface area contributed by atoms with E-state index >= 15 is 0 Å². The second kappa shape index (κ2) is 11.8. The molecule has 2 rings (SSSR count). The predicted octanol–water partition coefficient (Wildman–Crippen LogP) is 3.44. The van der Waals surface area contributed by atoms with Crippen LogP contribution in [0.15, 0.2) is 74.0 Å². The Morgan fingerprint density at radius 1 is 0.793 bits per heavy atom. The quantitative estimate of drug-likeness (QED) is 0.134. The molecule has 0 saturated carbocycles. The van der Waals surface area contributed by atoms with Crippen molar-refractivity contribution in [3.05, 3.63) is 79.6 Å². The van der Waals surface area contributed by atoms with Crippen molar-refractivity contribution in [2.24, 2.45) is 0 Å². The number of carbonyl (C=O) groups excluding carboxylic acids is 2. The Balaban J connectivity index is 1.79. The van der Waals surface area contributed by atoms with Crippen molar-refractivity contribution in [1.82, 2.24) is 0 Å². The fraction of sp³-hybridized carbons (Fsp3) is 0.143. The van der Waals surface area contributed by atoms with Crippen LogP contribution in [0.25, 0.3) is 0 Å². The van der Waals surface area contributed by atoms with Gasteiger partial charge in [0.2, 0.25) is 6.79 Å². The molecular weight excluding hydrogens is 380 g/mol. The van der Waals surface area contributed by atoms with Crippen molar-refractivity contribution < 1.29 is 38.0 Å². The van der Waals surface area contributed by atoms with Crippen molar-refractivity contribution >= 4 is 11.9 Å². The zero-order chi connectivity index (χ0) is 20.9. The SMILES string of the molecule is C=COCOCOc1ccc(OC(=O)c2ccc(OCOC(=O)C=C)cc2)cc1. The molecule has 0 radical (unpaired) electrons. The molecular formula is C21H20O8. The fourth-order valence-electron chi connectivity index (χ4n) is 1.91. The van der Waals surface area contributed by atoms with Gasteiger partial charge in [-0.3, -0.25) is 0 Å². The van der Waals surface area contributed by atoms with E-state index in [0.717, 1.165) is 6.08 Å². The summed E-state index contributed by atoms with van der Waals surface area (Å²) in [7, 11) is 0. The maximum Gasteiger partial charge on any atom is 0.343 e. The Kier molecular flexibility index (Phi) is 8.78. The predicted molar refractivity (Wildman–Crippen MR) is 102 cm³/mol. The van der Waals surface area contributed by atoms with Crippen molar-refractivity contribution in [3.63, 3.8) is 0 Å². The van der Waals surface area contributed by atoms with E-state index in [4.69, 9.17) is 28.4 Å². The summed E-state index contributed by atoms with van der Waals surface area (Å²) >= 11 is 0. The fourth-order valence-corrected chi connectivity index (χ4v) is 1.91. The molecule has 0 aliphatic carbocycles. The number of ether oxygens (including phenoxy) is 6. The minimum atomic E-state index is -0.587. The first kappa shape index (κ1) is 21.5. The zero-order valence-corrected chi connectivity index (χ0v) is 15.6. The molecule has 0 atom stereocenters. The third-order valence-corrected chi connectivity index (χ3v) is 3.30. The van der Waals surface area contributed by atoms with E-state index in [9.17, 15) is 9.59 Å². The molecule has 2 aromatic carbocycles. The van der Waals surface area contributed by atoms with Gasteiger partial charge in [0.25, 0.3) is 0 Å². The van der Waals surface area contributed by atoms with Crippen LogP contribution in [0.1, 0.15) is 10.4 Å². The summed E-state index contributed by atoms with van der Waals surface area (Å²) in [6, 6.07) is 12.7. The normalized spacial score (nSPS) is 9.79. The van der Waals surface area contributed by atoms with Crippen molar-refractivity contribution in [1.29, 1.82) is 0 Å². The summed E-state index contributed by atoms with van der Waals surface area (Å²) in [5.41, 5.74) is 0.330. The molecule has 0 saturated heterocycles. The smallest absolute Gasteiger partial charge is 0.343 e. The number of rotatable bonds is 12. The molecule has 152 valence electrons. The average molecular weight is 400 g/mol. The van der Waals surface area contributed by atoms with Gasteiger partial charge in [-0.05, 0) is 48.5 Å². The molecule has 8 nitrogen and oxygen atoms in total. The Morgan fingerprint density at radius 2 is 1.38 bits per heavy atom. The number of hydrogen-bond donors (Lipinski definition) is 0. The van der Waals surface area contributed by atoms with E-state index in [1.807, 2.05) is 0 Å². The lowest BCUT2D eigenvalue weighted by Gasteiger charge is -2.09. The second-order valence-electron chi connectivity index (χ2n) is 5.23. The van der Waals surface area contributed by atoms with Crippen molar-refractivity contribution in [2.75, 3.05) is 20.4 Å². The summed E-state index contributed by atoms with van der Waals surface area (Å²) < 4.78 is 30.4. The summed E-state index contributed by atoms with van der Waals surface area (Å²) in [5.74, 6) is 0.210. The van der Waals surface area contributed by atoms with E-state index in [-0.39, 0.29) is 20.4 Å². The highest BCUT2D eigenvalue weighted by Gasteiger charge is 2.09. The molecule has 0 aliphatic rings. The third kappa shape index (κ3) is 7.77. The minimum absolute atomic E-state index is 0.00812. The topological polar surface area (TPSA) is 89.5 Å². The van der Waals surface area contributed by atoms with Crippen LogP contribution in [0.3, 0.4) is 0 Å². The highest BCUT2D eigenvalue weighted by Crippen LogP contribution is 2.19. The summed E-state index contributed by atoms with van der Waals surface area (Å²) in [5, 5.41) is 0. The van der Waals surface area contributed by atoms with Crippen LogP contribution in [0, 0.1) is 0 Å². The molecule has 0 spiro atoms. The van der Waals surface area contributed by atoms with E-state index < -0.39 is 11.9 Å². The largest absolute Gasteiger partial charge is 0.476 e. The molecule has 0 N–H and O–H groups in total. The van der Waals surface area contributed by atoms with Gasteiger partial charge in [-0.1, -0.05) is 13.2 Å². The number of carbonyl (C=O) groups is 2. The van der Waals surface area contributed by atoms with Crippen LogP contribution >= 0.6 is 0 Å². The molecule has 0 amide bonds. The summed E-state index contributed by atoms with van der Waals surface area (Å²) in [4.78, 5) is 23.1. The first-order chi connectivity index (χ1) is 14.1. The molecule has 2 aromatic rings. The number of hydrogen-bond acceptors (Lipinski definition) is 8. The van der Waals surface area contributed by atoms with E-state index in [1.165, 1.54) is 18.4 Å². The van der Waals surface area contributed by atoms with Gasteiger partial charge < -0.3 is 28.4 Å². The van der Waals surface area contributed by atoms with E-state index in [2.05, 4.69) is 13.2 Å². The lowest BCUT2D eigenvalue weighted by Crippen LogP contribution is -2.09. The van der Waals surface area contributed by atoms with E-state index in [0.29, 0.717) is 22.8 Å². The first-order valence-electron chi connectivity index (χ1n) is 8.39. The molecule has 29 heavy (non-hydrogen) atoms. The average Bonchev–Trinajstić information content (AvgIpc) is 2.75. The van der Waals surface area contributed by atoms with Crippen LogP contribution in [-0.4, -0.2) is 32.3 Å². The number of benzene rings is 2. The molecule has 0 aromatic heterocycles. The Morgan fingerprint density at radius 3 is 2.00 bits per heavy atom. The monoisotopic (exact) mass is 400 g/mol. The highest BCUT2D eigenvalue weighted by molar-refractivity contribution is 5.91. The van der Waals surface area contributed by atoms with Gasteiger partial charge >= 0.3 is 11.9 Å². The standard InChI is InChI=1S/C21H20O8/c1-3-20(22)28-15-27-17-7-5-16(6-8-17)21(23)29-19-11-9-18(10-12-19)26-14-25-13-24-4-2/h3-12H,1-2,13-15H2. The van der Waals surface area contributed by atoms with Crippen LogP contribution < -0.4 is 14.2 Å². The maximum atomic E-state index is 12.2. The van der Waals surface area contributed by atoms with Gasteiger partial charge in [0.05, 0.1) is 11.8 Å². The van der Waals surface area contributed by atoms with Gasteiger partial charge in [0, 0.05) is 6.08 Å². The zero-order valence-electron chi connectivity index (χ0n) is 15.6. The van der Waals surface area contributed by atoms with Gasteiger partial charge in [-0.15, -0.1) is 0 Å². The van der Waals surface area contributed by atoms with Crippen molar-refractivity contribution in [2.45, 2.75) is 0 Å². The summed E-state index contributed by atoms with van der Waals surface area (Å²) in [6.45, 7) is 6.46. The van der Waals surface area contributed by atoms with E-state index in [1.54, 1.807) is 36.4 Å². The molecule has 0 unspecified atom stereocenters. The Labute approximate surface area is 167 Å². The third-order valence-electron chi connectivity index (χ3n) is 3.30. The van der Waals surface area contributed by atoms with Gasteiger partial charge in [-0.25, -0.2) is 9.59 Å². The first-order valence-corrected chi connectivity index (χ1v) is 8.39. The summed E-state index contributed by atoms with van der Waals surface area (Å²) in [6.07, 6.45) is 2.30. The number of esters is 2. The second-order valence-corrected chi connectivity index (χ2v) is 5.23. The lowest BCUT2D eigenvalue weighted by atomic mass is 10.2. The van der Waals surface area contributed by atoms with Crippen LogP contribution in [0.2, 0.25) is 0 Å². The lowest BCUT2D eigenvalue weighted by molar-refractivity contribution is -0.144. The molecule has 0 heterocycles. The molecule has 8 heteroatoms. The van der Waals surface area contributed by atoms with Crippen LogP contribution in [0.4, 0.5) is 0 Å². The van der Waals surface area contributed by atoms with Crippen LogP contribution in [-0.2, 0) is 19.0 Å². The highest BCUT2D eigenvalue weighted by atomic mass is 16.7. The Bertz CT molecular complexity index is 812. The van der Waals surface area contributed by atoms with Gasteiger partial charge in [0.15, 0.2) is 13.6 Å². The molecule has 0 fully saturated rings. The van der Waals surface area contributed by atoms with Gasteiger partial charge in [-0.2, -0.15) is 0 Å². The van der Waals surface area contributed by atoms with Crippen LogP contribution in [0.5, 0.6) is 17.2 Å².